The number of allylic oxidation sites excluding steroid dienone is 3. The summed E-state index contributed by atoms with van der Waals surface area (Å²) in [7, 11) is 0. The highest BCUT2D eigenvalue weighted by atomic mass is 16.6. The molecule has 1 aliphatic carbocycles. The molecule has 0 bridgehead atoms. The smallest absolute Gasteiger partial charge is 0.351 e. The quantitative estimate of drug-likeness (QED) is 0.674. The van der Waals surface area contributed by atoms with Gasteiger partial charge in [-0.3, -0.25) is 9.36 Å². The Morgan fingerprint density at radius 1 is 1.24 bits per heavy atom. The van der Waals surface area contributed by atoms with Crippen LogP contribution in [0.15, 0.2) is 77.4 Å². The lowest BCUT2D eigenvalue weighted by Gasteiger charge is -2.26. The summed E-state index contributed by atoms with van der Waals surface area (Å²) in [6, 6.07) is 7.22. The molecule has 1 aromatic heterocycles. The van der Waals surface area contributed by atoms with Crippen LogP contribution in [0.25, 0.3) is 11.3 Å². The van der Waals surface area contributed by atoms with Crippen molar-refractivity contribution in [2.45, 2.75) is 31.9 Å². The Hall–Kier alpha value is -4.27. The van der Waals surface area contributed by atoms with E-state index in [1.807, 2.05) is 24.3 Å². The fourth-order valence-corrected chi connectivity index (χ4v) is 4.16. The number of nitrogens with zero attached hydrogens (tertiary/aromatic N) is 2. The highest BCUT2D eigenvalue weighted by molar-refractivity contribution is 5.75. The maximum atomic E-state index is 12.9. The van der Waals surface area contributed by atoms with E-state index in [0.29, 0.717) is 30.2 Å². The number of amides is 1. The van der Waals surface area contributed by atoms with Crippen molar-refractivity contribution in [2.75, 3.05) is 6.61 Å². The normalized spacial score (nSPS) is 16.7. The average Bonchev–Trinajstić information content (AvgIpc) is 2.87. The largest absolute Gasteiger partial charge is 0.484 e. The number of primary amides is 1. The summed E-state index contributed by atoms with van der Waals surface area (Å²) in [5.41, 5.74) is 8.33. The molecular weight excluding hydrogens is 438 g/mol. The van der Waals surface area contributed by atoms with Gasteiger partial charge in [0.25, 0.3) is 5.91 Å². The number of hydrogen-bond acceptors (Lipinski definition) is 7. The SMILES string of the molecule is NC(=O)COc1ccc2c(c1)CCn1c-2cc(OC(C2=CC=CCC2)C2=COC=CO2)nc1=O. The van der Waals surface area contributed by atoms with Crippen molar-refractivity contribution in [3.63, 3.8) is 0 Å². The van der Waals surface area contributed by atoms with Gasteiger partial charge in [-0.25, -0.2) is 4.79 Å². The van der Waals surface area contributed by atoms with Crippen LogP contribution in [0, 0.1) is 0 Å². The van der Waals surface area contributed by atoms with Crippen molar-refractivity contribution in [3.05, 3.63) is 88.7 Å². The van der Waals surface area contributed by atoms with E-state index in [4.69, 9.17) is 24.7 Å². The van der Waals surface area contributed by atoms with E-state index in [0.717, 1.165) is 29.5 Å². The monoisotopic (exact) mass is 461 g/mol. The van der Waals surface area contributed by atoms with E-state index in [9.17, 15) is 9.59 Å². The zero-order valence-corrected chi connectivity index (χ0v) is 18.3. The first kappa shape index (κ1) is 21.6. The Kier molecular flexibility index (Phi) is 5.90. The number of carbonyl (C=O) groups excluding carboxylic acids is 1. The van der Waals surface area contributed by atoms with Crippen LogP contribution in [0.2, 0.25) is 0 Å². The molecule has 0 spiro atoms. The lowest BCUT2D eigenvalue weighted by molar-refractivity contribution is -0.119. The molecular formula is C25H23N3O6. The van der Waals surface area contributed by atoms with Crippen molar-refractivity contribution in [1.82, 2.24) is 9.55 Å². The average molecular weight is 461 g/mol. The fraction of sp³-hybridized carbons (Fsp3) is 0.240. The van der Waals surface area contributed by atoms with E-state index in [1.54, 1.807) is 16.7 Å². The van der Waals surface area contributed by atoms with Gasteiger partial charge < -0.3 is 24.7 Å². The van der Waals surface area contributed by atoms with Gasteiger partial charge in [0.05, 0.1) is 5.69 Å². The fourth-order valence-electron chi connectivity index (χ4n) is 4.16. The molecule has 0 fully saturated rings. The van der Waals surface area contributed by atoms with Crippen LogP contribution >= 0.6 is 0 Å². The third kappa shape index (κ3) is 4.45. The van der Waals surface area contributed by atoms with Gasteiger partial charge in [-0.15, -0.1) is 0 Å². The third-order valence-electron chi connectivity index (χ3n) is 5.73. The summed E-state index contributed by atoms with van der Waals surface area (Å²) in [6.07, 6.45) is 12.1. The molecule has 1 atom stereocenters. The molecule has 9 heteroatoms. The Balaban J connectivity index is 1.48. The first-order chi connectivity index (χ1) is 16.6. The Morgan fingerprint density at radius 2 is 2.15 bits per heavy atom. The topological polar surface area (TPSA) is 115 Å². The number of carbonyl (C=O) groups is 1. The number of aromatic nitrogens is 2. The minimum absolute atomic E-state index is 0.192. The molecule has 5 rings (SSSR count). The van der Waals surface area contributed by atoms with Gasteiger partial charge >= 0.3 is 5.69 Å². The molecule has 1 aromatic carbocycles. The van der Waals surface area contributed by atoms with Crippen LogP contribution in [0.3, 0.4) is 0 Å². The highest BCUT2D eigenvalue weighted by Crippen LogP contribution is 2.33. The van der Waals surface area contributed by atoms with Crippen molar-refractivity contribution in [1.29, 1.82) is 0 Å². The second-order valence-corrected chi connectivity index (χ2v) is 7.99. The lowest BCUT2D eigenvalue weighted by Crippen LogP contribution is -2.31. The van der Waals surface area contributed by atoms with E-state index < -0.39 is 17.7 Å². The van der Waals surface area contributed by atoms with Crippen LogP contribution in [-0.2, 0) is 27.2 Å². The zero-order chi connectivity index (χ0) is 23.5. The molecule has 3 aliphatic rings. The molecule has 34 heavy (non-hydrogen) atoms. The van der Waals surface area contributed by atoms with E-state index >= 15 is 0 Å². The van der Waals surface area contributed by atoms with Crippen LogP contribution in [0.5, 0.6) is 11.6 Å². The van der Waals surface area contributed by atoms with Crippen molar-refractivity contribution < 1.29 is 23.7 Å². The number of benzene rings is 1. The second kappa shape index (κ2) is 9.30. The van der Waals surface area contributed by atoms with Gasteiger partial charge in [0.1, 0.15) is 24.5 Å². The van der Waals surface area contributed by atoms with Gasteiger partial charge in [-0.1, -0.05) is 18.2 Å². The van der Waals surface area contributed by atoms with E-state index in [2.05, 4.69) is 11.1 Å². The maximum Gasteiger partial charge on any atom is 0.351 e. The number of rotatable bonds is 7. The zero-order valence-electron chi connectivity index (χ0n) is 18.3. The second-order valence-electron chi connectivity index (χ2n) is 7.99. The highest BCUT2D eigenvalue weighted by Gasteiger charge is 2.27. The van der Waals surface area contributed by atoms with E-state index in [1.165, 1.54) is 18.8 Å². The Bertz CT molecular complexity index is 1300. The molecule has 0 saturated carbocycles. The first-order valence-electron chi connectivity index (χ1n) is 10.9. The van der Waals surface area contributed by atoms with Gasteiger partial charge in [-0.05, 0) is 48.6 Å². The van der Waals surface area contributed by atoms with Gasteiger partial charge in [0.2, 0.25) is 5.88 Å². The number of nitrogens with two attached hydrogens (primary N) is 1. The molecule has 3 heterocycles. The number of fused-ring (bicyclic) bond motifs is 3. The van der Waals surface area contributed by atoms with Gasteiger partial charge in [-0.2, -0.15) is 4.98 Å². The lowest BCUT2D eigenvalue weighted by atomic mass is 9.97. The molecule has 2 aliphatic heterocycles. The Labute approximate surface area is 195 Å². The van der Waals surface area contributed by atoms with Crippen molar-refractivity contribution in [3.8, 4) is 22.9 Å². The number of ether oxygens (including phenoxy) is 4. The summed E-state index contributed by atoms with van der Waals surface area (Å²) in [4.78, 5) is 28.1. The number of aryl methyl sites for hydroxylation is 1. The molecule has 9 nitrogen and oxygen atoms in total. The minimum Gasteiger partial charge on any atom is -0.484 e. The van der Waals surface area contributed by atoms with Crippen molar-refractivity contribution in [2.24, 2.45) is 5.73 Å². The summed E-state index contributed by atoms with van der Waals surface area (Å²) >= 11 is 0. The molecule has 2 aromatic rings. The van der Waals surface area contributed by atoms with Crippen LogP contribution in [0.1, 0.15) is 18.4 Å². The predicted octanol–water partition coefficient (Wildman–Crippen LogP) is 2.71. The third-order valence-corrected chi connectivity index (χ3v) is 5.73. The molecule has 0 radical (unpaired) electrons. The maximum absolute atomic E-state index is 12.9. The number of hydrogen-bond donors (Lipinski definition) is 1. The minimum atomic E-state index is -0.586. The summed E-state index contributed by atoms with van der Waals surface area (Å²) in [5.74, 6) is 0.669. The summed E-state index contributed by atoms with van der Waals surface area (Å²) in [5, 5.41) is 0. The molecule has 2 N–H and O–H groups in total. The summed E-state index contributed by atoms with van der Waals surface area (Å²) < 4.78 is 24.2. The van der Waals surface area contributed by atoms with Crippen LogP contribution < -0.4 is 20.9 Å². The summed E-state index contributed by atoms with van der Waals surface area (Å²) in [6.45, 7) is 0.278. The first-order valence-corrected chi connectivity index (χ1v) is 10.9. The van der Waals surface area contributed by atoms with Gasteiger partial charge in [0, 0.05) is 18.2 Å². The van der Waals surface area contributed by atoms with Gasteiger partial charge in [0.15, 0.2) is 18.5 Å². The predicted molar refractivity (Wildman–Crippen MR) is 123 cm³/mol. The standard InChI is InChI=1S/C25H23N3O6/c26-22(29)15-33-18-6-7-19-17(12-18)8-9-28-20(19)13-23(27-25(28)30)34-24(16-4-2-1-3-5-16)21-14-31-10-11-32-21/h1-2,4,6-7,10-14,24H,3,5,8-9,15H2,(H2,26,29). The molecule has 174 valence electrons. The Morgan fingerprint density at radius 3 is 2.91 bits per heavy atom. The van der Waals surface area contributed by atoms with Crippen LogP contribution in [-0.4, -0.2) is 28.2 Å². The van der Waals surface area contributed by atoms with Crippen LogP contribution in [0.4, 0.5) is 0 Å². The molecule has 1 amide bonds. The van der Waals surface area contributed by atoms with Crippen molar-refractivity contribution >= 4 is 5.91 Å². The molecule has 0 saturated heterocycles. The molecule has 1 unspecified atom stereocenters. The van der Waals surface area contributed by atoms with E-state index in [-0.39, 0.29) is 12.5 Å².